The summed E-state index contributed by atoms with van der Waals surface area (Å²) in [5.41, 5.74) is 2.54. The van der Waals surface area contributed by atoms with E-state index in [9.17, 15) is 0 Å². The SMILES string of the molecule is Clc1ccc2sc3cccc(-c4cccc5c4ccc4ccccc45)c3c2c1. The molecule has 5 aromatic carbocycles. The summed E-state index contributed by atoms with van der Waals surface area (Å²) in [6, 6.07) is 32.5. The van der Waals surface area contributed by atoms with Crippen LogP contribution < -0.4 is 0 Å². The Kier molecular flexibility index (Phi) is 3.49. The van der Waals surface area contributed by atoms with Crippen molar-refractivity contribution < 1.29 is 0 Å². The molecule has 6 rings (SSSR count). The van der Waals surface area contributed by atoms with Gasteiger partial charge in [0.15, 0.2) is 0 Å². The molecule has 2 heteroatoms. The van der Waals surface area contributed by atoms with Crippen LogP contribution in [0.5, 0.6) is 0 Å². The summed E-state index contributed by atoms with van der Waals surface area (Å²) in [6.45, 7) is 0. The zero-order valence-electron chi connectivity index (χ0n) is 14.9. The predicted molar refractivity (Wildman–Crippen MR) is 125 cm³/mol. The Morgan fingerprint density at radius 3 is 2.32 bits per heavy atom. The normalized spacial score (nSPS) is 11.8. The second-order valence-corrected chi connectivity index (χ2v) is 8.63. The summed E-state index contributed by atoms with van der Waals surface area (Å²) >= 11 is 8.17. The fourth-order valence-electron chi connectivity index (χ4n) is 4.30. The van der Waals surface area contributed by atoms with E-state index in [1.54, 1.807) is 0 Å². The van der Waals surface area contributed by atoms with E-state index in [1.165, 1.54) is 52.8 Å². The number of thiophene rings is 1. The van der Waals surface area contributed by atoms with E-state index >= 15 is 0 Å². The molecule has 0 unspecified atom stereocenters. The molecule has 0 bridgehead atoms. The van der Waals surface area contributed by atoms with Crippen LogP contribution in [0, 0.1) is 0 Å². The number of fused-ring (bicyclic) bond motifs is 6. The van der Waals surface area contributed by atoms with Gasteiger partial charge in [-0.15, -0.1) is 11.3 Å². The average Bonchev–Trinajstić information content (AvgIpc) is 3.11. The minimum atomic E-state index is 0.783. The van der Waals surface area contributed by atoms with E-state index in [-0.39, 0.29) is 0 Å². The van der Waals surface area contributed by atoms with Gasteiger partial charge in [0.25, 0.3) is 0 Å². The van der Waals surface area contributed by atoms with Crippen LogP contribution in [0.2, 0.25) is 5.02 Å². The molecule has 1 heterocycles. The van der Waals surface area contributed by atoms with E-state index in [0.717, 1.165) is 5.02 Å². The maximum Gasteiger partial charge on any atom is 0.0413 e. The van der Waals surface area contributed by atoms with Gasteiger partial charge in [0.1, 0.15) is 0 Å². The lowest BCUT2D eigenvalue weighted by atomic mass is 9.92. The number of halogens is 1. The van der Waals surface area contributed by atoms with Gasteiger partial charge in [0.2, 0.25) is 0 Å². The fraction of sp³-hybridized carbons (Fsp3) is 0. The summed E-state index contributed by atoms with van der Waals surface area (Å²) < 4.78 is 2.57. The third-order valence-electron chi connectivity index (χ3n) is 5.53. The van der Waals surface area contributed by atoms with Crippen LogP contribution in [0.3, 0.4) is 0 Å². The molecule has 1 aromatic heterocycles. The lowest BCUT2D eigenvalue weighted by Crippen LogP contribution is -1.84. The van der Waals surface area contributed by atoms with Crippen molar-refractivity contribution in [3.63, 3.8) is 0 Å². The molecule has 0 aliphatic heterocycles. The molecule has 0 aliphatic carbocycles. The van der Waals surface area contributed by atoms with Gasteiger partial charge in [0.05, 0.1) is 0 Å². The van der Waals surface area contributed by atoms with Gasteiger partial charge in [0, 0.05) is 25.2 Å². The van der Waals surface area contributed by atoms with E-state index < -0.39 is 0 Å². The van der Waals surface area contributed by atoms with Crippen LogP contribution in [0.25, 0.3) is 52.8 Å². The Morgan fingerprint density at radius 1 is 0.536 bits per heavy atom. The molecule has 0 spiro atoms. The highest BCUT2D eigenvalue weighted by Gasteiger charge is 2.13. The van der Waals surface area contributed by atoms with Crippen molar-refractivity contribution >= 4 is 64.7 Å². The minimum Gasteiger partial charge on any atom is -0.135 e. The lowest BCUT2D eigenvalue weighted by Gasteiger charge is -2.11. The Morgan fingerprint density at radius 2 is 1.36 bits per heavy atom. The van der Waals surface area contributed by atoms with Crippen molar-refractivity contribution in [3.8, 4) is 11.1 Å². The third-order valence-corrected chi connectivity index (χ3v) is 6.91. The van der Waals surface area contributed by atoms with Crippen LogP contribution in [-0.4, -0.2) is 0 Å². The lowest BCUT2D eigenvalue weighted by molar-refractivity contribution is 1.72. The van der Waals surface area contributed by atoms with E-state index in [2.05, 4.69) is 84.9 Å². The summed E-state index contributed by atoms with van der Waals surface area (Å²) in [4.78, 5) is 0. The molecule has 0 fully saturated rings. The first-order valence-corrected chi connectivity index (χ1v) is 10.5. The maximum absolute atomic E-state index is 6.34. The molecule has 0 saturated carbocycles. The Hall–Kier alpha value is -2.87. The second-order valence-electron chi connectivity index (χ2n) is 7.11. The standard InChI is InChI=1S/C26H15ClS/c27-17-12-14-24-23(15-17)26-22(9-4-10-25(26)28-24)20-8-3-7-19-18-6-2-1-5-16(18)11-13-21(19)20/h1-15H. The molecule has 0 atom stereocenters. The Labute approximate surface area is 171 Å². The summed E-state index contributed by atoms with van der Waals surface area (Å²) in [6.07, 6.45) is 0. The average molecular weight is 395 g/mol. The smallest absolute Gasteiger partial charge is 0.0413 e. The molecule has 0 nitrogen and oxygen atoms in total. The molecule has 6 aromatic rings. The van der Waals surface area contributed by atoms with Crippen molar-refractivity contribution in [1.29, 1.82) is 0 Å². The number of hydrogen-bond acceptors (Lipinski definition) is 1. The van der Waals surface area contributed by atoms with Crippen LogP contribution in [0.15, 0.2) is 91.0 Å². The fourth-order valence-corrected chi connectivity index (χ4v) is 5.58. The van der Waals surface area contributed by atoms with Gasteiger partial charge in [-0.1, -0.05) is 78.3 Å². The summed E-state index contributed by atoms with van der Waals surface area (Å²) in [7, 11) is 0. The predicted octanol–water partition coefficient (Wildman–Crippen LogP) is 8.68. The topological polar surface area (TPSA) is 0 Å². The van der Waals surface area contributed by atoms with Crippen molar-refractivity contribution in [3.05, 3.63) is 96.0 Å². The quantitative estimate of drug-likeness (QED) is 0.245. The Balaban J connectivity index is 1.77. The minimum absolute atomic E-state index is 0.783. The molecule has 0 aliphatic rings. The van der Waals surface area contributed by atoms with E-state index in [1.807, 2.05) is 17.4 Å². The highest BCUT2D eigenvalue weighted by atomic mass is 35.5. The van der Waals surface area contributed by atoms with Crippen molar-refractivity contribution in [2.45, 2.75) is 0 Å². The van der Waals surface area contributed by atoms with Gasteiger partial charge in [-0.3, -0.25) is 0 Å². The molecule has 0 N–H and O–H groups in total. The number of benzene rings is 5. The van der Waals surface area contributed by atoms with Crippen molar-refractivity contribution in [2.75, 3.05) is 0 Å². The highest BCUT2D eigenvalue weighted by Crippen LogP contribution is 2.43. The van der Waals surface area contributed by atoms with Crippen molar-refractivity contribution in [1.82, 2.24) is 0 Å². The monoisotopic (exact) mass is 394 g/mol. The number of rotatable bonds is 1. The first-order valence-electron chi connectivity index (χ1n) is 9.31. The van der Waals surface area contributed by atoms with Gasteiger partial charge >= 0.3 is 0 Å². The van der Waals surface area contributed by atoms with E-state index in [0.29, 0.717) is 0 Å². The van der Waals surface area contributed by atoms with Crippen LogP contribution in [-0.2, 0) is 0 Å². The van der Waals surface area contributed by atoms with Gasteiger partial charge < -0.3 is 0 Å². The second kappa shape index (κ2) is 6.07. The van der Waals surface area contributed by atoms with Crippen LogP contribution >= 0.6 is 22.9 Å². The molecule has 0 radical (unpaired) electrons. The van der Waals surface area contributed by atoms with Gasteiger partial charge in [-0.05, 0) is 56.9 Å². The van der Waals surface area contributed by atoms with Gasteiger partial charge in [-0.2, -0.15) is 0 Å². The zero-order chi connectivity index (χ0) is 18.7. The largest absolute Gasteiger partial charge is 0.135 e. The third kappa shape index (κ3) is 2.30. The number of hydrogen-bond donors (Lipinski definition) is 0. The summed E-state index contributed by atoms with van der Waals surface area (Å²) in [5.74, 6) is 0. The first-order chi connectivity index (χ1) is 13.8. The molecular formula is C26H15ClS. The zero-order valence-corrected chi connectivity index (χ0v) is 16.5. The van der Waals surface area contributed by atoms with Gasteiger partial charge in [-0.25, -0.2) is 0 Å². The van der Waals surface area contributed by atoms with Crippen LogP contribution in [0.4, 0.5) is 0 Å². The first kappa shape index (κ1) is 16.1. The molecule has 0 amide bonds. The molecule has 132 valence electrons. The van der Waals surface area contributed by atoms with Crippen molar-refractivity contribution in [2.24, 2.45) is 0 Å². The van der Waals surface area contributed by atoms with E-state index in [4.69, 9.17) is 11.6 Å². The van der Waals surface area contributed by atoms with Crippen LogP contribution in [0.1, 0.15) is 0 Å². The molecular weight excluding hydrogens is 380 g/mol. The molecule has 0 saturated heterocycles. The molecule has 28 heavy (non-hydrogen) atoms. The maximum atomic E-state index is 6.34. The summed E-state index contributed by atoms with van der Waals surface area (Å²) in [5, 5.41) is 8.48. The Bertz CT molecular complexity index is 1520. The highest BCUT2D eigenvalue weighted by molar-refractivity contribution is 7.26.